The van der Waals surface area contributed by atoms with Gasteiger partial charge < -0.3 is 9.47 Å². The fourth-order valence-electron chi connectivity index (χ4n) is 4.26. The van der Waals surface area contributed by atoms with E-state index in [1.807, 2.05) is 59.5 Å². The minimum Gasteiger partial charge on any atom is -0.311 e. The summed E-state index contributed by atoms with van der Waals surface area (Å²) in [5, 5.41) is 9.76. The first-order valence-corrected chi connectivity index (χ1v) is 12.3. The van der Waals surface area contributed by atoms with Crippen molar-refractivity contribution in [1.82, 2.24) is 14.8 Å². The number of nitrogens with zero attached hydrogens (tertiary/aromatic N) is 4. The van der Waals surface area contributed by atoms with Crippen LogP contribution in [0, 0.1) is 0 Å². The van der Waals surface area contributed by atoms with Crippen molar-refractivity contribution < 1.29 is 4.79 Å². The molecular weight excluding hydrogens is 428 g/mol. The molecule has 0 aliphatic carbocycles. The molecule has 1 aliphatic heterocycles. The number of carbonyl (C=O) groups is 1. The molecular formula is C27H26N4OS. The molecule has 0 spiro atoms. The maximum atomic E-state index is 13.1. The number of aromatic nitrogens is 3. The topological polar surface area (TPSA) is 51.0 Å². The maximum Gasteiger partial charge on any atom is 0.237 e. The predicted octanol–water partition coefficient (Wildman–Crippen LogP) is 4.99. The van der Waals surface area contributed by atoms with Crippen LogP contribution in [-0.2, 0) is 24.2 Å². The lowest BCUT2D eigenvalue weighted by molar-refractivity contribution is -0.116. The zero-order valence-corrected chi connectivity index (χ0v) is 19.2. The Balaban J connectivity index is 1.36. The molecule has 0 fully saturated rings. The van der Waals surface area contributed by atoms with Gasteiger partial charge in [-0.25, -0.2) is 0 Å². The SMILES string of the molecule is O=C(CSc1nnc(Cc2ccccc2)n1Cc1ccccc1)N1CCCc2ccccc21. The molecule has 166 valence electrons. The van der Waals surface area contributed by atoms with E-state index >= 15 is 0 Å². The van der Waals surface area contributed by atoms with Gasteiger partial charge in [0.05, 0.1) is 12.3 Å². The second kappa shape index (κ2) is 10.0. The number of hydrogen-bond donors (Lipinski definition) is 0. The largest absolute Gasteiger partial charge is 0.311 e. The highest BCUT2D eigenvalue weighted by Gasteiger charge is 2.23. The van der Waals surface area contributed by atoms with Crippen LogP contribution in [0.25, 0.3) is 0 Å². The molecule has 0 saturated carbocycles. The second-order valence-corrected chi connectivity index (χ2v) is 9.14. The fourth-order valence-corrected chi connectivity index (χ4v) is 5.09. The second-order valence-electron chi connectivity index (χ2n) is 8.20. The van der Waals surface area contributed by atoms with E-state index in [0.29, 0.717) is 18.7 Å². The summed E-state index contributed by atoms with van der Waals surface area (Å²) in [5.74, 6) is 1.36. The Bertz CT molecular complexity index is 1220. The molecule has 0 bridgehead atoms. The number of carbonyl (C=O) groups excluding carboxylic acids is 1. The predicted molar refractivity (Wildman–Crippen MR) is 133 cm³/mol. The van der Waals surface area contributed by atoms with Gasteiger partial charge in [0.15, 0.2) is 5.16 Å². The summed E-state index contributed by atoms with van der Waals surface area (Å²) >= 11 is 1.47. The summed E-state index contributed by atoms with van der Waals surface area (Å²) in [6, 6.07) is 28.8. The molecule has 4 aromatic rings. The van der Waals surface area contributed by atoms with Gasteiger partial charge in [0, 0.05) is 18.7 Å². The third-order valence-corrected chi connectivity index (χ3v) is 6.87. The van der Waals surface area contributed by atoms with E-state index in [2.05, 4.69) is 45.1 Å². The van der Waals surface area contributed by atoms with E-state index in [1.165, 1.54) is 28.5 Å². The fraction of sp³-hybridized carbons (Fsp3) is 0.222. The molecule has 0 saturated heterocycles. The van der Waals surface area contributed by atoms with Gasteiger partial charge in [0.1, 0.15) is 5.82 Å². The Morgan fingerprint density at radius 3 is 2.33 bits per heavy atom. The lowest BCUT2D eigenvalue weighted by Crippen LogP contribution is -2.36. The van der Waals surface area contributed by atoms with Crippen LogP contribution in [-0.4, -0.2) is 33.0 Å². The first-order chi connectivity index (χ1) is 16.3. The summed E-state index contributed by atoms with van der Waals surface area (Å²) in [7, 11) is 0. The van der Waals surface area contributed by atoms with E-state index in [9.17, 15) is 4.79 Å². The summed E-state index contributed by atoms with van der Waals surface area (Å²) in [6.07, 6.45) is 2.73. The van der Waals surface area contributed by atoms with Gasteiger partial charge in [-0.3, -0.25) is 4.79 Å². The van der Waals surface area contributed by atoms with Crippen LogP contribution < -0.4 is 4.90 Å². The molecule has 0 unspecified atom stereocenters. The molecule has 5 rings (SSSR count). The van der Waals surface area contributed by atoms with Crippen LogP contribution in [0.1, 0.15) is 28.9 Å². The average Bonchev–Trinajstić information content (AvgIpc) is 3.24. The highest BCUT2D eigenvalue weighted by atomic mass is 32.2. The van der Waals surface area contributed by atoms with Gasteiger partial charge in [0.2, 0.25) is 5.91 Å². The maximum absolute atomic E-state index is 13.1. The molecule has 0 atom stereocenters. The standard InChI is InChI=1S/C27H26N4OS/c32-26(30-17-9-15-23-14-7-8-16-24(23)30)20-33-27-29-28-25(18-21-10-3-1-4-11-21)31(27)19-22-12-5-2-6-13-22/h1-8,10-14,16H,9,15,17-20H2. The first kappa shape index (κ1) is 21.5. The quantitative estimate of drug-likeness (QED) is 0.369. The summed E-state index contributed by atoms with van der Waals surface area (Å²) in [6.45, 7) is 1.45. The van der Waals surface area contributed by atoms with Crippen LogP contribution in [0.3, 0.4) is 0 Å². The zero-order valence-electron chi connectivity index (χ0n) is 18.4. The van der Waals surface area contributed by atoms with Crippen LogP contribution in [0.5, 0.6) is 0 Å². The number of para-hydroxylation sites is 1. The summed E-state index contributed by atoms with van der Waals surface area (Å²) < 4.78 is 2.14. The number of rotatable bonds is 7. The Morgan fingerprint density at radius 1 is 0.848 bits per heavy atom. The van der Waals surface area contributed by atoms with Gasteiger partial charge in [-0.1, -0.05) is 90.6 Å². The van der Waals surface area contributed by atoms with E-state index < -0.39 is 0 Å². The third kappa shape index (κ3) is 5.01. The minimum absolute atomic E-state index is 0.117. The normalized spacial score (nSPS) is 13.0. The van der Waals surface area contributed by atoms with Crippen molar-refractivity contribution in [3.05, 3.63) is 107 Å². The first-order valence-electron chi connectivity index (χ1n) is 11.3. The number of thioether (sulfide) groups is 1. The summed E-state index contributed by atoms with van der Waals surface area (Å²) in [5.41, 5.74) is 4.67. The Morgan fingerprint density at radius 2 is 1.55 bits per heavy atom. The van der Waals surface area contributed by atoms with Crippen molar-refractivity contribution in [3.8, 4) is 0 Å². The molecule has 1 amide bonds. The van der Waals surface area contributed by atoms with E-state index in [-0.39, 0.29) is 5.91 Å². The van der Waals surface area contributed by atoms with Crippen molar-refractivity contribution in [2.75, 3.05) is 17.2 Å². The van der Waals surface area contributed by atoms with Gasteiger partial charge in [0.25, 0.3) is 0 Å². The van der Waals surface area contributed by atoms with Gasteiger partial charge in [-0.2, -0.15) is 0 Å². The van der Waals surface area contributed by atoms with Crippen molar-refractivity contribution in [2.45, 2.75) is 31.0 Å². The van der Waals surface area contributed by atoms with Crippen molar-refractivity contribution >= 4 is 23.4 Å². The minimum atomic E-state index is 0.117. The molecule has 3 aromatic carbocycles. The number of amides is 1. The van der Waals surface area contributed by atoms with Crippen LogP contribution >= 0.6 is 11.8 Å². The number of fused-ring (bicyclic) bond motifs is 1. The number of benzene rings is 3. The zero-order chi connectivity index (χ0) is 22.5. The number of aryl methyl sites for hydroxylation is 1. The van der Waals surface area contributed by atoms with E-state index in [1.54, 1.807) is 0 Å². The molecule has 0 radical (unpaired) electrons. The van der Waals surface area contributed by atoms with Gasteiger partial charge >= 0.3 is 0 Å². The van der Waals surface area contributed by atoms with Crippen LogP contribution in [0.15, 0.2) is 90.1 Å². The Kier molecular flexibility index (Phi) is 6.53. The average molecular weight is 455 g/mol. The monoisotopic (exact) mass is 454 g/mol. The Labute approximate surface area is 198 Å². The molecule has 1 aliphatic rings. The summed E-state index contributed by atoms with van der Waals surface area (Å²) in [4.78, 5) is 15.1. The number of anilines is 1. The molecule has 1 aromatic heterocycles. The third-order valence-electron chi connectivity index (χ3n) is 5.92. The van der Waals surface area contributed by atoms with Crippen molar-refractivity contribution in [1.29, 1.82) is 0 Å². The van der Waals surface area contributed by atoms with Gasteiger partial charge in [-0.05, 0) is 35.6 Å². The van der Waals surface area contributed by atoms with E-state index in [0.717, 1.165) is 36.1 Å². The molecule has 2 heterocycles. The smallest absolute Gasteiger partial charge is 0.237 e. The highest BCUT2D eigenvalue weighted by molar-refractivity contribution is 7.99. The molecule has 5 nitrogen and oxygen atoms in total. The lowest BCUT2D eigenvalue weighted by atomic mass is 10.0. The van der Waals surface area contributed by atoms with Gasteiger partial charge in [-0.15, -0.1) is 10.2 Å². The molecule has 0 N–H and O–H groups in total. The molecule has 33 heavy (non-hydrogen) atoms. The molecule has 6 heteroatoms. The van der Waals surface area contributed by atoms with Crippen molar-refractivity contribution in [2.24, 2.45) is 0 Å². The van der Waals surface area contributed by atoms with Crippen molar-refractivity contribution in [3.63, 3.8) is 0 Å². The van der Waals surface area contributed by atoms with E-state index in [4.69, 9.17) is 0 Å². The highest BCUT2D eigenvalue weighted by Crippen LogP contribution is 2.28. The van der Waals surface area contributed by atoms with Crippen LogP contribution in [0.4, 0.5) is 5.69 Å². The lowest BCUT2D eigenvalue weighted by Gasteiger charge is -2.29. The Hall–Kier alpha value is -3.38. The number of hydrogen-bond acceptors (Lipinski definition) is 4. The van der Waals surface area contributed by atoms with Crippen LogP contribution in [0.2, 0.25) is 0 Å².